The molecule has 0 aromatic heterocycles. The molecule has 0 aliphatic heterocycles. The molecule has 0 spiro atoms. The third-order valence-corrected chi connectivity index (χ3v) is 5.61. The van der Waals surface area contributed by atoms with Crippen LogP contribution in [0.2, 0.25) is 0 Å². The molecule has 0 heterocycles. The van der Waals surface area contributed by atoms with Gasteiger partial charge in [0.15, 0.2) is 4.93 Å². The third kappa shape index (κ3) is 12.0. The molecule has 128 valence electrons. The minimum atomic E-state index is -4.62. The normalized spacial score (nSPS) is 14.4. The fraction of sp³-hybridized carbons (Fsp3) is 1.00. The van der Waals surface area contributed by atoms with E-state index in [-0.39, 0.29) is 64.2 Å². The summed E-state index contributed by atoms with van der Waals surface area (Å²) in [7, 11) is -4.62. The molecule has 1 N–H and O–H groups in total. The van der Waals surface area contributed by atoms with Crippen LogP contribution in [0.25, 0.3) is 0 Å². The first-order chi connectivity index (χ1) is 9.87. The Morgan fingerprint density at radius 2 is 1.18 bits per heavy atom. The van der Waals surface area contributed by atoms with Gasteiger partial charge in [0.25, 0.3) is 0 Å². The average molecular weight is 361 g/mol. The van der Waals surface area contributed by atoms with E-state index in [2.05, 4.69) is 6.92 Å². The van der Waals surface area contributed by atoms with Gasteiger partial charge in [-0.05, 0) is 19.3 Å². The standard InChI is InChI=1S/C16H34O4S.K/c1-3-5-6-7-8-9-10-11-12-13-14-15-16(17,4-2)21(18,19)20;/h17H,3-15H2,1-2H3,(H,18,19,20);/q;+1/p-1. The van der Waals surface area contributed by atoms with Crippen molar-refractivity contribution in [1.82, 2.24) is 0 Å². The summed E-state index contributed by atoms with van der Waals surface area (Å²) in [6.07, 6.45) is 12.8. The van der Waals surface area contributed by atoms with Crippen molar-refractivity contribution < 1.29 is 69.5 Å². The van der Waals surface area contributed by atoms with Crippen LogP contribution in [0.3, 0.4) is 0 Å². The molecule has 1 atom stereocenters. The number of hydrogen-bond acceptors (Lipinski definition) is 4. The van der Waals surface area contributed by atoms with Crippen molar-refractivity contribution in [3.05, 3.63) is 0 Å². The zero-order chi connectivity index (χ0) is 16.2. The fourth-order valence-electron chi connectivity index (χ4n) is 2.54. The van der Waals surface area contributed by atoms with Gasteiger partial charge in [-0.25, -0.2) is 8.42 Å². The smallest absolute Gasteiger partial charge is 0.746 e. The maximum absolute atomic E-state index is 11.0. The van der Waals surface area contributed by atoms with Crippen molar-refractivity contribution in [1.29, 1.82) is 0 Å². The van der Waals surface area contributed by atoms with Crippen LogP contribution in [0.5, 0.6) is 0 Å². The zero-order valence-electron chi connectivity index (χ0n) is 14.8. The van der Waals surface area contributed by atoms with E-state index in [1.165, 1.54) is 51.9 Å². The van der Waals surface area contributed by atoms with E-state index >= 15 is 0 Å². The Morgan fingerprint density at radius 3 is 1.50 bits per heavy atom. The van der Waals surface area contributed by atoms with Gasteiger partial charge in [0.1, 0.15) is 10.1 Å². The second kappa shape index (κ2) is 14.8. The number of rotatable bonds is 14. The predicted molar refractivity (Wildman–Crippen MR) is 86.0 cm³/mol. The number of aliphatic hydroxyl groups is 1. The topological polar surface area (TPSA) is 77.4 Å². The number of unbranched alkanes of at least 4 members (excludes halogenated alkanes) is 10. The summed E-state index contributed by atoms with van der Waals surface area (Å²) in [5, 5.41) is 9.80. The van der Waals surface area contributed by atoms with Crippen molar-refractivity contribution in [3.63, 3.8) is 0 Å². The summed E-state index contributed by atoms with van der Waals surface area (Å²) in [6.45, 7) is 3.76. The van der Waals surface area contributed by atoms with E-state index in [1.807, 2.05) is 0 Å². The largest absolute Gasteiger partial charge is 1.00 e. The maximum atomic E-state index is 11.0. The quantitative estimate of drug-likeness (QED) is 0.288. The van der Waals surface area contributed by atoms with Gasteiger partial charge in [-0.2, -0.15) is 0 Å². The minimum absolute atomic E-state index is 0. The first kappa shape index (κ1) is 25.7. The van der Waals surface area contributed by atoms with Crippen molar-refractivity contribution in [2.24, 2.45) is 0 Å². The average Bonchev–Trinajstić information content (AvgIpc) is 2.43. The molecule has 0 amide bonds. The van der Waals surface area contributed by atoms with E-state index in [0.29, 0.717) is 6.42 Å². The van der Waals surface area contributed by atoms with E-state index in [1.54, 1.807) is 0 Å². The molecular weight excluding hydrogens is 327 g/mol. The van der Waals surface area contributed by atoms with Gasteiger partial charge in [0, 0.05) is 0 Å². The van der Waals surface area contributed by atoms with Crippen molar-refractivity contribution in [3.8, 4) is 0 Å². The predicted octanol–water partition coefficient (Wildman–Crippen LogP) is 1.34. The Labute approximate surface area is 180 Å². The molecule has 6 heteroatoms. The summed E-state index contributed by atoms with van der Waals surface area (Å²) in [6, 6.07) is 0. The van der Waals surface area contributed by atoms with Crippen LogP contribution in [0.1, 0.15) is 97.3 Å². The van der Waals surface area contributed by atoms with Crippen molar-refractivity contribution >= 4 is 10.1 Å². The first-order valence-corrected chi connectivity index (χ1v) is 9.96. The number of hydrogen-bond donors (Lipinski definition) is 1. The van der Waals surface area contributed by atoms with Crippen LogP contribution in [-0.4, -0.2) is 23.0 Å². The van der Waals surface area contributed by atoms with Crippen LogP contribution in [0.15, 0.2) is 0 Å². The molecule has 0 saturated heterocycles. The van der Waals surface area contributed by atoms with Crippen LogP contribution in [-0.2, 0) is 10.1 Å². The van der Waals surface area contributed by atoms with Crippen molar-refractivity contribution in [2.75, 3.05) is 0 Å². The van der Waals surface area contributed by atoms with Gasteiger partial charge in [-0.15, -0.1) is 0 Å². The Balaban J connectivity index is 0. The Hall–Kier alpha value is 1.51. The second-order valence-corrected chi connectivity index (χ2v) is 7.71. The molecule has 0 bridgehead atoms. The van der Waals surface area contributed by atoms with Gasteiger partial charge >= 0.3 is 51.4 Å². The molecule has 0 fully saturated rings. The summed E-state index contributed by atoms with van der Waals surface area (Å²) in [5.74, 6) is 0. The second-order valence-electron chi connectivity index (χ2n) is 6.04. The Morgan fingerprint density at radius 1 is 0.818 bits per heavy atom. The van der Waals surface area contributed by atoms with Crippen molar-refractivity contribution in [2.45, 2.75) is 102 Å². The molecule has 0 radical (unpaired) electrons. The molecule has 0 rings (SSSR count). The Kier molecular flexibility index (Phi) is 17.3. The molecule has 0 saturated carbocycles. The van der Waals surface area contributed by atoms with Gasteiger partial charge in [-0.3, -0.25) is 0 Å². The van der Waals surface area contributed by atoms with E-state index in [4.69, 9.17) is 0 Å². The van der Waals surface area contributed by atoms with E-state index in [0.717, 1.165) is 19.3 Å². The SMILES string of the molecule is CCCCCCCCCCCCCC(O)(CC)S(=O)(=O)[O-].[K+]. The van der Waals surface area contributed by atoms with Gasteiger partial charge in [0.2, 0.25) is 0 Å². The molecule has 0 aliphatic rings. The van der Waals surface area contributed by atoms with Crippen LogP contribution in [0, 0.1) is 0 Å². The summed E-state index contributed by atoms with van der Waals surface area (Å²) in [5.41, 5.74) is 0. The molecule has 0 aromatic carbocycles. The minimum Gasteiger partial charge on any atom is -0.746 e. The first-order valence-electron chi connectivity index (χ1n) is 8.55. The van der Waals surface area contributed by atoms with Gasteiger partial charge in [-0.1, -0.05) is 78.1 Å². The summed E-state index contributed by atoms with van der Waals surface area (Å²) in [4.78, 5) is -2.06. The summed E-state index contributed by atoms with van der Waals surface area (Å²) >= 11 is 0. The van der Waals surface area contributed by atoms with Crippen LogP contribution < -0.4 is 51.4 Å². The molecule has 22 heavy (non-hydrogen) atoms. The third-order valence-electron chi connectivity index (χ3n) is 4.19. The molecule has 0 aliphatic carbocycles. The molecule has 0 aromatic rings. The van der Waals surface area contributed by atoms with E-state index < -0.39 is 15.1 Å². The van der Waals surface area contributed by atoms with E-state index in [9.17, 15) is 18.1 Å². The zero-order valence-corrected chi connectivity index (χ0v) is 18.7. The monoisotopic (exact) mass is 360 g/mol. The molecule has 1 unspecified atom stereocenters. The van der Waals surface area contributed by atoms with Gasteiger partial charge < -0.3 is 9.66 Å². The maximum Gasteiger partial charge on any atom is 1.00 e. The van der Waals surface area contributed by atoms with Crippen LogP contribution in [0.4, 0.5) is 0 Å². The molecule has 4 nitrogen and oxygen atoms in total. The fourth-order valence-corrected chi connectivity index (χ4v) is 3.29. The Bertz CT molecular complexity index is 346. The van der Waals surface area contributed by atoms with Gasteiger partial charge in [0.05, 0.1) is 0 Å². The molecular formula is C16H33KO4S. The summed E-state index contributed by atoms with van der Waals surface area (Å²) < 4.78 is 33.0. The van der Waals surface area contributed by atoms with Crippen LogP contribution >= 0.6 is 0 Å².